The van der Waals surface area contributed by atoms with Crippen molar-refractivity contribution in [3.63, 3.8) is 0 Å². The molecule has 2 aromatic rings. The highest BCUT2D eigenvalue weighted by Crippen LogP contribution is 2.30. The fourth-order valence-corrected chi connectivity index (χ4v) is 5.38. The molecule has 0 radical (unpaired) electrons. The molecular formula is C20H29N5O3S. The highest BCUT2D eigenvalue weighted by Gasteiger charge is 2.32. The van der Waals surface area contributed by atoms with Crippen molar-refractivity contribution in [1.29, 1.82) is 0 Å². The van der Waals surface area contributed by atoms with Gasteiger partial charge in [-0.05, 0) is 50.8 Å². The number of nitrogens with one attached hydrogen (secondary N) is 1. The van der Waals surface area contributed by atoms with Crippen molar-refractivity contribution in [2.75, 3.05) is 31.9 Å². The van der Waals surface area contributed by atoms with Crippen LogP contribution < -0.4 is 0 Å². The molecule has 29 heavy (non-hydrogen) atoms. The van der Waals surface area contributed by atoms with Gasteiger partial charge in [-0.25, -0.2) is 12.7 Å². The molecule has 3 heterocycles. The fraction of sp³-hybridized carbons (Fsp3) is 0.550. The van der Waals surface area contributed by atoms with Crippen molar-refractivity contribution in [1.82, 2.24) is 24.4 Å². The first kappa shape index (κ1) is 21.4. The number of nitrogens with zero attached hydrogens (tertiary/aromatic N) is 4. The quantitative estimate of drug-likeness (QED) is 0.706. The smallest absolute Gasteiger partial charge is 0.257 e. The number of H-pyrrole nitrogens is 1. The average molecular weight is 420 g/mol. The third-order valence-corrected chi connectivity index (χ3v) is 7.37. The fourth-order valence-electron chi connectivity index (χ4n) is 3.82. The van der Waals surface area contributed by atoms with E-state index in [0.717, 1.165) is 24.1 Å². The number of aryl methyl sites for hydroxylation is 1. The largest absolute Gasteiger partial charge is 0.339 e. The van der Waals surface area contributed by atoms with E-state index in [1.165, 1.54) is 0 Å². The Morgan fingerprint density at radius 3 is 2.69 bits per heavy atom. The first-order valence-corrected chi connectivity index (χ1v) is 11.8. The summed E-state index contributed by atoms with van der Waals surface area (Å²) in [6, 6.07) is 3.68. The van der Waals surface area contributed by atoms with Gasteiger partial charge in [0.2, 0.25) is 10.0 Å². The minimum Gasteiger partial charge on any atom is -0.339 e. The molecule has 3 rings (SSSR count). The number of hydrogen-bond donors (Lipinski definition) is 1. The Morgan fingerprint density at radius 2 is 2.00 bits per heavy atom. The van der Waals surface area contributed by atoms with Crippen LogP contribution in [-0.4, -0.2) is 70.6 Å². The maximum atomic E-state index is 12.9. The number of aromatic nitrogens is 3. The van der Waals surface area contributed by atoms with Gasteiger partial charge in [0.05, 0.1) is 23.2 Å². The normalized spacial score (nSPS) is 17.9. The Morgan fingerprint density at radius 1 is 1.28 bits per heavy atom. The van der Waals surface area contributed by atoms with Gasteiger partial charge < -0.3 is 4.90 Å². The summed E-state index contributed by atoms with van der Waals surface area (Å²) in [7, 11) is -3.38. The van der Waals surface area contributed by atoms with Crippen LogP contribution in [0, 0.1) is 0 Å². The zero-order valence-electron chi connectivity index (χ0n) is 17.0. The van der Waals surface area contributed by atoms with E-state index in [4.69, 9.17) is 0 Å². The molecule has 0 aromatic carbocycles. The number of sulfonamides is 1. The Hall–Kier alpha value is -2.26. The summed E-state index contributed by atoms with van der Waals surface area (Å²) in [6.45, 7) is 6.03. The summed E-state index contributed by atoms with van der Waals surface area (Å²) < 4.78 is 27.4. The zero-order valence-corrected chi connectivity index (χ0v) is 17.9. The third-order valence-electron chi connectivity index (χ3n) is 5.53. The van der Waals surface area contributed by atoms with Gasteiger partial charge in [-0.2, -0.15) is 5.10 Å². The van der Waals surface area contributed by atoms with Gasteiger partial charge in [-0.15, -0.1) is 0 Å². The van der Waals surface area contributed by atoms with Gasteiger partial charge in [0.25, 0.3) is 5.91 Å². The van der Waals surface area contributed by atoms with Crippen molar-refractivity contribution in [3.05, 3.63) is 47.5 Å². The molecule has 8 nitrogen and oxygen atoms in total. The number of carbonyl (C=O) groups excluding carboxylic acids is 1. The zero-order chi connectivity index (χ0) is 20.9. The molecule has 1 atom stereocenters. The van der Waals surface area contributed by atoms with Crippen LogP contribution in [0.3, 0.4) is 0 Å². The lowest BCUT2D eigenvalue weighted by Gasteiger charge is -2.32. The van der Waals surface area contributed by atoms with Crippen LogP contribution in [0.25, 0.3) is 0 Å². The topological polar surface area (TPSA) is 99.3 Å². The molecule has 1 aliphatic heterocycles. The van der Waals surface area contributed by atoms with Crippen molar-refractivity contribution in [3.8, 4) is 0 Å². The lowest BCUT2D eigenvalue weighted by molar-refractivity contribution is 0.0771. The molecule has 9 heteroatoms. The van der Waals surface area contributed by atoms with Crippen LogP contribution in [0.2, 0.25) is 0 Å². The van der Waals surface area contributed by atoms with E-state index >= 15 is 0 Å². The van der Waals surface area contributed by atoms with Crippen LogP contribution in [0.15, 0.2) is 30.7 Å². The number of aromatic amines is 1. The lowest BCUT2D eigenvalue weighted by Crippen LogP contribution is -2.41. The van der Waals surface area contributed by atoms with Crippen LogP contribution in [0.4, 0.5) is 0 Å². The summed E-state index contributed by atoms with van der Waals surface area (Å²) in [4.78, 5) is 18.5. The van der Waals surface area contributed by atoms with Gasteiger partial charge >= 0.3 is 0 Å². The van der Waals surface area contributed by atoms with Gasteiger partial charge in [-0.1, -0.05) is 0 Å². The number of piperidine rings is 1. The van der Waals surface area contributed by atoms with Crippen LogP contribution in [-0.2, 0) is 16.4 Å². The summed E-state index contributed by atoms with van der Waals surface area (Å²) in [5.74, 6) is -0.0503. The maximum absolute atomic E-state index is 12.9. The van der Waals surface area contributed by atoms with Crippen molar-refractivity contribution < 1.29 is 13.2 Å². The molecule has 0 spiro atoms. The SMILES string of the molecule is CCN(CC)C(=O)c1cn[nH]c1C1CCCN(S(=O)(=O)CCc2ccncc2)C1. The van der Waals surface area contributed by atoms with Crippen LogP contribution in [0.1, 0.15) is 54.2 Å². The predicted octanol–water partition coefficient (Wildman–Crippen LogP) is 2.04. The molecule has 1 fully saturated rings. The first-order chi connectivity index (χ1) is 14.0. The summed E-state index contributed by atoms with van der Waals surface area (Å²) in [5.41, 5.74) is 2.25. The van der Waals surface area contributed by atoms with E-state index in [1.54, 1.807) is 27.8 Å². The Kier molecular flexibility index (Phi) is 7.02. The van der Waals surface area contributed by atoms with E-state index in [1.807, 2.05) is 26.0 Å². The average Bonchev–Trinajstić information content (AvgIpc) is 3.24. The Labute approximate surface area is 172 Å². The summed E-state index contributed by atoms with van der Waals surface area (Å²) in [5, 5.41) is 7.05. The molecule has 0 bridgehead atoms. The molecule has 1 amide bonds. The highest BCUT2D eigenvalue weighted by molar-refractivity contribution is 7.89. The molecule has 1 N–H and O–H groups in total. The second-order valence-corrected chi connectivity index (χ2v) is 9.38. The molecule has 2 aromatic heterocycles. The van der Waals surface area contributed by atoms with Crippen LogP contribution >= 0.6 is 0 Å². The van der Waals surface area contributed by atoms with E-state index in [2.05, 4.69) is 15.2 Å². The number of amides is 1. The molecule has 1 aliphatic rings. The van der Waals surface area contributed by atoms with Crippen molar-refractivity contribution in [2.45, 2.75) is 39.0 Å². The first-order valence-electron chi connectivity index (χ1n) is 10.2. The molecule has 0 saturated carbocycles. The summed E-state index contributed by atoms with van der Waals surface area (Å²) in [6.07, 6.45) is 6.96. The van der Waals surface area contributed by atoms with E-state index in [0.29, 0.717) is 38.2 Å². The maximum Gasteiger partial charge on any atom is 0.257 e. The number of carbonyl (C=O) groups is 1. The number of rotatable bonds is 8. The number of pyridine rings is 1. The van der Waals surface area contributed by atoms with E-state index in [-0.39, 0.29) is 17.6 Å². The second kappa shape index (κ2) is 9.49. The van der Waals surface area contributed by atoms with Crippen LogP contribution in [0.5, 0.6) is 0 Å². The van der Waals surface area contributed by atoms with Gasteiger partial charge in [0.1, 0.15) is 0 Å². The van der Waals surface area contributed by atoms with Crippen molar-refractivity contribution in [2.24, 2.45) is 0 Å². The summed E-state index contributed by atoms with van der Waals surface area (Å²) >= 11 is 0. The molecule has 0 aliphatic carbocycles. The van der Waals surface area contributed by atoms with Crippen molar-refractivity contribution >= 4 is 15.9 Å². The lowest BCUT2D eigenvalue weighted by atomic mass is 9.93. The van der Waals surface area contributed by atoms with E-state index in [9.17, 15) is 13.2 Å². The van der Waals surface area contributed by atoms with Gasteiger partial charge in [-0.3, -0.25) is 14.9 Å². The second-order valence-electron chi connectivity index (χ2n) is 7.29. The molecular weight excluding hydrogens is 390 g/mol. The monoisotopic (exact) mass is 419 g/mol. The van der Waals surface area contributed by atoms with Gasteiger partial charge in [0.15, 0.2) is 0 Å². The van der Waals surface area contributed by atoms with Gasteiger partial charge in [0, 0.05) is 44.5 Å². The third kappa shape index (κ3) is 5.02. The standard InChI is InChI=1S/C20H29N5O3S/c1-3-24(4-2)20(26)18-14-22-23-19(18)17-6-5-12-25(15-17)29(27,28)13-9-16-7-10-21-11-8-16/h7-8,10-11,14,17H,3-6,9,12-13,15H2,1-2H3,(H,22,23). The Bertz CT molecular complexity index is 909. The Balaban J connectivity index is 1.71. The molecule has 1 unspecified atom stereocenters. The highest BCUT2D eigenvalue weighted by atomic mass is 32.2. The van der Waals surface area contributed by atoms with E-state index < -0.39 is 10.0 Å². The molecule has 158 valence electrons. The predicted molar refractivity (Wildman–Crippen MR) is 111 cm³/mol. The number of hydrogen-bond acceptors (Lipinski definition) is 5. The minimum absolute atomic E-state index is 0.0588. The molecule has 1 saturated heterocycles. The minimum atomic E-state index is -3.38.